The first-order valence-corrected chi connectivity index (χ1v) is 18.6. The molecule has 0 unspecified atom stereocenters. The molecule has 0 saturated carbocycles. The molecular weight excluding hydrogens is 842 g/mol. The Bertz CT molecular complexity index is 2460. The minimum atomic E-state index is -0.127. The molecule has 0 aliphatic heterocycles. The molecular formula is C49H50N3OPt-. The molecule has 2 aromatic heterocycles. The molecule has 0 bridgehead atoms. The quantitative estimate of drug-likeness (QED) is 0.175. The maximum atomic E-state index is 11.3. The molecule has 0 aliphatic carbocycles. The van der Waals surface area contributed by atoms with Crippen LogP contribution in [-0.2, 0) is 37.3 Å². The van der Waals surface area contributed by atoms with Crippen LogP contribution >= 0.6 is 0 Å². The number of rotatable bonds is 5. The van der Waals surface area contributed by atoms with Gasteiger partial charge in [0.05, 0.1) is 16.6 Å². The Hall–Kier alpha value is -4.79. The molecule has 1 N–H and O–H groups in total. The molecule has 5 aromatic carbocycles. The van der Waals surface area contributed by atoms with Gasteiger partial charge in [0.2, 0.25) is 0 Å². The molecule has 278 valence electrons. The van der Waals surface area contributed by atoms with Crippen LogP contribution in [0.5, 0.6) is 5.75 Å². The number of aromatic nitrogens is 3. The second-order valence-corrected chi connectivity index (χ2v) is 17.5. The van der Waals surface area contributed by atoms with Crippen LogP contribution in [0.3, 0.4) is 0 Å². The summed E-state index contributed by atoms with van der Waals surface area (Å²) in [5.74, 6) is 0.882. The smallest absolute Gasteiger partial charge is 0.148 e. The summed E-state index contributed by atoms with van der Waals surface area (Å²) in [6.45, 7) is 22.4. The van der Waals surface area contributed by atoms with E-state index in [-0.39, 0.29) is 43.1 Å². The van der Waals surface area contributed by atoms with E-state index >= 15 is 0 Å². The summed E-state index contributed by atoms with van der Waals surface area (Å²) in [6.07, 6.45) is 1.89. The van der Waals surface area contributed by atoms with Gasteiger partial charge in [0.1, 0.15) is 11.6 Å². The molecule has 2 heterocycles. The minimum absolute atomic E-state index is 0. The fourth-order valence-corrected chi connectivity index (χ4v) is 6.90. The Kier molecular flexibility index (Phi) is 10.4. The van der Waals surface area contributed by atoms with Gasteiger partial charge in [-0.3, -0.25) is 9.55 Å². The summed E-state index contributed by atoms with van der Waals surface area (Å²) < 4.78 is 2.22. The Balaban J connectivity index is 0.00000497. The number of aromatic hydroxyl groups is 1. The van der Waals surface area contributed by atoms with E-state index in [1.54, 1.807) is 6.07 Å². The van der Waals surface area contributed by atoms with Crippen molar-refractivity contribution in [2.24, 2.45) is 0 Å². The Morgan fingerprint density at radius 3 is 1.83 bits per heavy atom. The van der Waals surface area contributed by atoms with Gasteiger partial charge in [0.25, 0.3) is 0 Å². The van der Waals surface area contributed by atoms with E-state index in [2.05, 4.69) is 165 Å². The first-order chi connectivity index (χ1) is 25.0. The van der Waals surface area contributed by atoms with Crippen molar-refractivity contribution in [3.05, 3.63) is 144 Å². The van der Waals surface area contributed by atoms with Crippen molar-refractivity contribution >= 4 is 11.0 Å². The van der Waals surface area contributed by atoms with Crippen molar-refractivity contribution in [1.29, 1.82) is 0 Å². The van der Waals surface area contributed by atoms with E-state index in [4.69, 9.17) is 9.97 Å². The molecule has 7 aromatic rings. The maximum absolute atomic E-state index is 11.3. The summed E-state index contributed by atoms with van der Waals surface area (Å²) >= 11 is 0. The van der Waals surface area contributed by atoms with Crippen LogP contribution in [-0.4, -0.2) is 19.6 Å². The van der Waals surface area contributed by atoms with Gasteiger partial charge in [-0.05, 0) is 81.8 Å². The predicted octanol–water partition coefficient (Wildman–Crippen LogP) is 12.8. The third-order valence-corrected chi connectivity index (χ3v) is 10.2. The van der Waals surface area contributed by atoms with Gasteiger partial charge in [-0.15, -0.1) is 29.3 Å². The van der Waals surface area contributed by atoms with Crippen molar-refractivity contribution in [1.82, 2.24) is 14.5 Å². The Labute approximate surface area is 335 Å². The minimum Gasteiger partial charge on any atom is -0.507 e. The van der Waals surface area contributed by atoms with Crippen molar-refractivity contribution < 1.29 is 26.2 Å². The number of hydrogen-bond acceptors (Lipinski definition) is 3. The summed E-state index contributed by atoms with van der Waals surface area (Å²) in [6, 6.07) is 41.8. The fourth-order valence-electron chi connectivity index (χ4n) is 6.90. The second-order valence-electron chi connectivity index (χ2n) is 17.5. The number of nitrogens with zero attached hydrogens (tertiary/aromatic N) is 3. The zero-order chi connectivity index (χ0) is 37.9. The molecule has 0 aliphatic rings. The van der Waals surface area contributed by atoms with Crippen LogP contribution in [0, 0.1) is 13.0 Å². The third-order valence-electron chi connectivity index (χ3n) is 10.2. The zero-order valence-electron chi connectivity index (χ0n) is 33.1. The largest absolute Gasteiger partial charge is 0.507 e. The van der Waals surface area contributed by atoms with Gasteiger partial charge in [0.15, 0.2) is 0 Å². The van der Waals surface area contributed by atoms with Crippen molar-refractivity contribution in [3.63, 3.8) is 0 Å². The van der Waals surface area contributed by atoms with Gasteiger partial charge in [-0.1, -0.05) is 140 Å². The van der Waals surface area contributed by atoms with Gasteiger partial charge < -0.3 is 5.11 Å². The molecule has 4 nitrogen and oxygen atoms in total. The number of phenols is 1. The predicted molar refractivity (Wildman–Crippen MR) is 222 cm³/mol. The third kappa shape index (κ3) is 7.73. The van der Waals surface area contributed by atoms with Gasteiger partial charge >= 0.3 is 0 Å². The standard InChI is InChI=1S/C49H50N3O.Pt/c1-31-15-13-16-32(23-31)33-21-22-50-42(27-33)35-24-34(25-36(26-35)47(2,3)4)40-18-14-19-43-45(40)51-46(41-17-11-12-20-44(41)53)52(43)39-29-37(48(5,6)7)28-38(30-39)49(8,9)10;/h11-23,25-30,53H,1-10H3;/q-1;. The average Bonchev–Trinajstić information content (AvgIpc) is 3.50. The first-order valence-electron chi connectivity index (χ1n) is 18.6. The molecule has 0 atom stereocenters. The topological polar surface area (TPSA) is 50.9 Å². The normalized spacial score (nSPS) is 12.2. The van der Waals surface area contributed by atoms with Crippen molar-refractivity contribution in [3.8, 4) is 56.3 Å². The molecule has 0 fully saturated rings. The van der Waals surface area contributed by atoms with Crippen LogP contribution < -0.4 is 0 Å². The van der Waals surface area contributed by atoms with Gasteiger partial charge in [-0.2, -0.15) is 0 Å². The summed E-state index contributed by atoms with van der Waals surface area (Å²) in [4.78, 5) is 10.3. The van der Waals surface area contributed by atoms with Crippen molar-refractivity contribution in [2.45, 2.75) is 85.5 Å². The summed E-state index contributed by atoms with van der Waals surface area (Å²) in [5, 5.41) is 11.3. The number of phenolic OH excluding ortho intramolecular Hbond substituents is 1. The molecule has 0 spiro atoms. The number of imidazole rings is 1. The zero-order valence-corrected chi connectivity index (χ0v) is 35.3. The van der Waals surface area contributed by atoms with Crippen LogP contribution in [0.1, 0.15) is 84.6 Å². The number of aryl methyl sites for hydroxylation is 1. The number of benzene rings is 5. The van der Waals surface area contributed by atoms with Crippen molar-refractivity contribution in [2.75, 3.05) is 0 Å². The molecule has 54 heavy (non-hydrogen) atoms. The van der Waals surface area contributed by atoms with E-state index in [1.807, 2.05) is 24.4 Å². The number of para-hydroxylation sites is 2. The fraction of sp³-hybridized carbons (Fsp3) is 0.265. The van der Waals surface area contributed by atoms with Crippen LogP contribution in [0.4, 0.5) is 0 Å². The van der Waals surface area contributed by atoms with Crippen LogP contribution in [0.25, 0.3) is 61.6 Å². The Morgan fingerprint density at radius 2 is 1.19 bits per heavy atom. The van der Waals surface area contributed by atoms with E-state index in [0.717, 1.165) is 50.2 Å². The molecule has 7 rings (SSSR count). The summed E-state index contributed by atoms with van der Waals surface area (Å²) in [5.41, 5.74) is 14.2. The van der Waals surface area contributed by atoms with E-state index in [0.29, 0.717) is 11.4 Å². The molecule has 0 amide bonds. The number of hydrogen-bond donors (Lipinski definition) is 1. The van der Waals surface area contributed by atoms with Crippen LogP contribution in [0.15, 0.2) is 115 Å². The summed E-state index contributed by atoms with van der Waals surface area (Å²) in [7, 11) is 0. The molecule has 0 saturated heterocycles. The van der Waals surface area contributed by atoms with Crippen LogP contribution in [0.2, 0.25) is 0 Å². The van der Waals surface area contributed by atoms with E-state index in [9.17, 15) is 5.11 Å². The first kappa shape index (κ1) is 38.9. The number of pyridine rings is 1. The van der Waals surface area contributed by atoms with E-state index < -0.39 is 0 Å². The van der Waals surface area contributed by atoms with E-state index in [1.165, 1.54) is 22.3 Å². The molecule has 0 radical (unpaired) electrons. The Morgan fingerprint density at radius 1 is 0.593 bits per heavy atom. The maximum Gasteiger partial charge on any atom is 0.148 e. The average molecular weight is 892 g/mol. The molecule has 5 heteroatoms. The number of fused-ring (bicyclic) bond motifs is 1. The van der Waals surface area contributed by atoms with Gasteiger partial charge in [0, 0.05) is 38.6 Å². The SMILES string of the molecule is Cc1cccc(-c2ccnc(-c3[c-]c(-c4cccc5c4nc(-c4ccccc4O)n5-c4cc(C(C)(C)C)cc(C(C)(C)C)c4)cc(C(C)(C)C)c3)c2)c1.[Pt]. The van der Waals surface area contributed by atoms with Gasteiger partial charge in [-0.25, -0.2) is 4.98 Å². The monoisotopic (exact) mass is 891 g/mol. The second kappa shape index (κ2) is 14.5.